The van der Waals surface area contributed by atoms with Crippen molar-refractivity contribution in [2.45, 2.75) is 24.3 Å². The van der Waals surface area contributed by atoms with Crippen molar-refractivity contribution in [3.05, 3.63) is 11.9 Å². The fraction of sp³-hybridized carbons (Fsp3) is 0.625. The van der Waals surface area contributed by atoms with Crippen LogP contribution in [0, 0.1) is 0 Å². The van der Waals surface area contributed by atoms with E-state index < -0.39 is 11.4 Å². The first-order chi connectivity index (χ1) is 6.54. The Morgan fingerprint density at radius 3 is 2.79 bits per heavy atom. The van der Waals surface area contributed by atoms with E-state index >= 15 is 0 Å². The number of rotatable bonds is 2. The lowest BCUT2D eigenvalue weighted by Gasteiger charge is -2.40. The summed E-state index contributed by atoms with van der Waals surface area (Å²) in [5.74, 6) is -0.861. The molecule has 1 aromatic heterocycles. The Balaban J connectivity index is 2.34. The van der Waals surface area contributed by atoms with Crippen LogP contribution in [0.15, 0.2) is 6.20 Å². The quantitative estimate of drug-likeness (QED) is 0.649. The van der Waals surface area contributed by atoms with Gasteiger partial charge in [0, 0.05) is 19.3 Å². The molecule has 0 bridgehead atoms. The summed E-state index contributed by atoms with van der Waals surface area (Å²) in [5, 5.41) is 16.7. The molecule has 6 heteroatoms. The smallest absolute Gasteiger partial charge is 0.315 e. The molecule has 0 saturated heterocycles. The van der Waals surface area contributed by atoms with Crippen LogP contribution in [-0.4, -0.2) is 32.1 Å². The molecule has 1 aliphatic rings. The highest BCUT2D eigenvalue weighted by Crippen LogP contribution is 2.42. The number of hydrogen-bond donors (Lipinski definition) is 2. The van der Waals surface area contributed by atoms with Crippen LogP contribution in [0.25, 0.3) is 0 Å². The first-order valence-electron chi connectivity index (χ1n) is 4.40. The van der Waals surface area contributed by atoms with Gasteiger partial charge in [-0.3, -0.25) is 9.48 Å². The maximum Gasteiger partial charge on any atom is 0.315 e. The van der Waals surface area contributed by atoms with E-state index in [1.165, 1.54) is 4.68 Å². The van der Waals surface area contributed by atoms with Crippen molar-refractivity contribution in [3.63, 3.8) is 0 Å². The van der Waals surface area contributed by atoms with Crippen molar-refractivity contribution in [1.82, 2.24) is 15.0 Å². The fourth-order valence-electron chi connectivity index (χ4n) is 1.90. The zero-order chi connectivity index (χ0) is 10.3. The molecule has 0 amide bonds. The Kier molecular flexibility index (Phi) is 1.81. The highest BCUT2D eigenvalue weighted by molar-refractivity contribution is 5.82. The fourth-order valence-corrected chi connectivity index (χ4v) is 1.90. The molecule has 2 rings (SSSR count). The molecule has 14 heavy (non-hydrogen) atoms. The summed E-state index contributed by atoms with van der Waals surface area (Å²) in [5.41, 5.74) is 5.23. The summed E-state index contributed by atoms with van der Waals surface area (Å²) in [6, 6.07) is -0.0342. The molecule has 1 aromatic rings. The van der Waals surface area contributed by atoms with Crippen LogP contribution < -0.4 is 5.73 Å². The second-order valence-corrected chi connectivity index (χ2v) is 3.83. The Hall–Kier alpha value is -1.43. The van der Waals surface area contributed by atoms with Gasteiger partial charge in [0.05, 0.1) is 0 Å². The van der Waals surface area contributed by atoms with Gasteiger partial charge in [-0.1, -0.05) is 5.21 Å². The first-order valence-corrected chi connectivity index (χ1v) is 4.40. The molecule has 6 nitrogen and oxygen atoms in total. The number of carboxylic acid groups (broad SMARTS) is 1. The number of aromatic nitrogens is 3. The summed E-state index contributed by atoms with van der Waals surface area (Å²) in [4.78, 5) is 11.1. The summed E-state index contributed by atoms with van der Waals surface area (Å²) in [6.07, 6.45) is 2.53. The molecule has 3 N–H and O–H groups in total. The Morgan fingerprint density at radius 2 is 2.43 bits per heavy atom. The summed E-state index contributed by atoms with van der Waals surface area (Å²) >= 11 is 0. The topological polar surface area (TPSA) is 94.0 Å². The van der Waals surface area contributed by atoms with Gasteiger partial charge in [-0.15, -0.1) is 5.10 Å². The Bertz CT molecular complexity index is 367. The first kappa shape index (κ1) is 9.14. The van der Waals surface area contributed by atoms with Crippen LogP contribution in [0.4, 0.5) is 0 Å². The van der Waals surface area contributed by atoms with Gasteiger partial charge in [-0.25, -0.2) is 0 Å². The highest BCUT2D eigenvalue weighted by Gasteiger charge is 2.52. The van der Waals surface area contributed by atoms with Crippen molar-refractivity contribution >= 4 is 5.97 Å². The van der Waals surface area contributed by atoms with E-state index in [0.29, 0.717) is 18.5 Å². The second kappa shape index (κ2) is 2.78. The standard InChI is InChI=1S/C8H12N4O2/c1-12-4-6(10-11-12)8(7(13)14)2-5(9)3-8/h4-5H,2-3,9H2,1H3,(H,13,14). The van der Waals surface area contributed by atoms with Gasteiger partial charge in [0.15, 0.2) is 0 Å². The largest absolute Gasteiger partial charge is 0.481 e. The maximum absolute atomic E-state index is 11.1. The average molecular weight is 196 g/mol. The molecule has 0 unspecified atom stereocenters. The Labute approximate surface area is 80.7 Å². The van der Waals surface area contributed by atoms with Crippen molar-refractivity contribution in [2.75, 3.05) is 0 Å². The van der Waals surface area contributed by atoms with Gasteiger partial charge >= 0.3 is 5.97 Å². The molecular weight excluding hydrogens is 184 g/mol. The third kappa shape index (κ3) is 1.11. The third-order valence-electron chi connectivity index (χ3n) is 2.72. The SMILES string of the molecule is Cn1cc(C2(C(=O)O)CC(N)C2)nn1. The lowest BCUT2D eigenvalue weighted by Crippen LogP contribution is -2.54. The minimum absolute atomic E-state index is 0.0342. The number of nitrogens with two attached hydrogens (primary N) is 1. The number of carboxylic acids is 1. The van der Waals surface area contributed by atoms with Crippen molar-refractivity contribution in [3.8, 4) is 0 Å². The number of carbonyl (C=O) groups is 1. The minimum atomic E-state index is -0.895. The van der Waals surface area contributed by atoms with Gasteiger partial charge in [0.25, 0.3) is 0 Å². The monoisotopic (exact) mass is 196 g/mol. The molecule has 1 saturated carbocycles. The molecule has 0 radical (unpaired) electrons. The lowest BCUT2D eigenvalue weighted by atomic mass is 9.64. The van der Waals surface area contributed by atoms with Gasteiger partial charge in [0.1, 0.15) is 11.1 Å². The molecule has 0 aromatic carbocycles. The third-order valence-corrected chi connectivity index (χ3v) is 2.72. The molecular formula is C8H12N4O2. The van der Waals surface area contributed by atoms with Crippen LogP contribution >= 0.6 is 0 Å². The number of nitrogens with zero attached hydrogens (tertiary/aromatic N) is 3. The summed E-state index contributed by atoms with van der Waals surface area (Å²) < 4.78 is 1.50. The van der Waals surface area contributed by atoms with Crippen molar-refractivity contribution in [1.29, 1.82) is 0 Å². The molecule has 0 spiro atoms. The minimum Gasteiger partial charge on any atom is -0.481 e. The average Bonchev–Trinajstić information content (AvgIpc) is 2.45. The predicted octanol–water partition coefficient (Wildman–Crippen LogP) is -0.741. The summed E-state index contributed by atoms with van der Waals surface area (Å²) in [7, 11) is 1.71. The van der Waals surface area contributed by atoms with Gasteiger partial charge in [-0.05, 0) is 12.8 Å². The van der Waals surface area contributed by atoms with E-state index in [1.807, 2.05) is 0 Å². The number of aryl methyl sites for hydroxylation is 1. The van der Waals surface area contributed by atoms with E-state index in [0.717, 1.165) is 0 Å². The van der Waals surface area contributed by atoms with Crippen LogP contribution in [0.3, 0.4) is 0 Å². The number of aliphatic carboxylic acids is 1. The zero-order valence-corrected chi connectivity index (χ0v) is 7.84. The lowest BCUT2D eigenvalue weighted by molar-refractivity contribution is -0.148. The van der Waals surface area contributed by atoms with Crippen LogP contribution in [0.2, 0.25) is 0 Å². The van der Waals surface area contributed by atoms with E-state index in [9.17, 15) is 4.79 Å². The van der Waals surface area contributed by atoms with Crippen molar-refractivity contribution in [2.24, 2.45) is 12.8 Å². The maximum atomic E-state index is 11.1. The highest BCUT2D eigenvalue weighted by atomic mass is 16.4. The molecule has 76 valence electrons. The van der Waals surface area contributed by atoms with E-state index in [1.54, 1.807) is 13.2 Å². The molecule has 1 fully saturated rings. The van der Waals surface area contributed by atoms with Crippen LogP contribution in [-0.2, 0) is 17.3 Å². The van der Waals surface area contributed by atoms with Crippen molar-refractivity contribution < 1.29 is 9.90 Å². The van der Waals surface area contributed by atoms with Crippen LogP contribution in [0.5, 0.6) is 0 Å². The molecule has 0 aliphatic heterocycles. The normalized spacial score (nSPS) is 31.1. The second-order valence-electron chi connectivity index (χ2n) is 3.83. The summed E-state index contributed by atoms with van der Waals surface area (Å²) in [6.45, 7) is 0. The Morgan fingerprint density at radius 1 is 1.79 bits per heavy atom. The van der Waals surface area contributed by atoms with Gasteiger partial charge in [-0.2, -0.15) is 0 Å². The van der Waals surface area contributed by atoms with E-state index in [4.69, 9.17) is 10.8 Å². The predicted molar refractivity (Wildman–Crippen MR) is 47.5 cm³/mol. The molecule has 1 aliphatic carbocycles. The van der Waals surface area contributed by atoms with Gasteiger partial charge in [0.2, 0.25) is 0 Å². The number of hydrogen-bond acceptors (Lipinski definition) is 4. The van der Waals surface area contributed by atoms with Gasteiger partial charge < -0.3 is 10.8 Å². The van der Waals surface area contributed by atoms with E-state index in [2.05, 4.69) is 10.3 Å². The molecule has 0 atom stereocenters. The zero-order valence-electron chi connectivity index (χ0n) is 7.84. The van der Waals surface area contributed by atoms with E-state index in [-0.39, 0.29) is 6.04 Å². The molecule has 1 heterocycles. The van der Waals surface area contributed by atoms with Crippen LogP contribution in [0.1, 0.15) is 18.5 Å².